The molecule has 2 aromatic carbocycles. The smallest absolute Gasteiger partial charge is 0.160 e. The first-order valence-electron chi connectivity index (χ1n) is 6.95. The van der Waals surface area contributed by atoms with E-state index >= 15 is 0 Å². The Kier molecular flexibility index (Phi) is 4.93. The highest BCUT2D eigenvalue weighted by Gasteiger charge is 2.05. The van der Waals surface area contributed by atoms with Crippen molar-refractivity contribution in [1.29, 1.82) is 0 Å². The molecule has 3 N–H and O–H groups in total. The summed E-state index contributed by atoms with van der Waals surface area (Å²) in [5.41, 5.74) is 10.1. The number of benzene rings is 2. The Hall–Kier alpha value is -2.36. The predicted octanol–water partition coefficient (Wildman–Crippen LogP) is 3.25. The number of nitrogen functional groups attached to an aromatic ring is 1. The van der Waals surface area contributed by atoms with Crippen LogP contribution in [0.4, 0.5) is 11.4 Å². The van der Waals surface area contributed by atoms with Crippen LogP contribution in [0.15, 0.2) is 36.4 Å². The van der Waals surface area contributed by atoms with E-state index in [9.17, 15) is 0 Å². The van der Waals surface area contributed by atoms with Gasteiger partial charge in [-0.05, 0) is 42.7 Å². The molecule has 0 aromatic heterocycles. The second kappa shape index (κ2) is 6.88. The summed E-state index contributed by atoms with van der Waals surface area (Å²) in [5, 5.41) is 3.40. The van der Waals surface area contributed by atoms with Gasteiger partial charge in [-0.2, -0.15) is 0 Å². The zero-order valence-corrected chi connectivity index (χ0v) is 12.8. The molecule has 0 spiro atoms. The van der Waals surface area contributed by atoms with Crippen molar-refractivity contribution < 1.29 is 9.47 Å². The van der Waals surface area contributed by atoms with Crippen molar-refractivity contribution in [3.05, 3.63) is 47.5 Å². The molecule has 0 unspecified atom stereocenters. The van der Waals surface area contributed by atoms with Crippen LogP contribution in [0.25, 0.3) is 0 Å². The van der Waals surface area contributed by atoms with E-state index in [1.165, 1.54) is 5.56 Å². The standard InChI is InChI=1S/C17H22N2O2/c1-12-5-4-6-14(18)17(12)19-10-9-13-7-8-15(20-2)16(11-13)21-3/h4-8,11,19H,9-10,18H2,1-3H3. The Bertz CT molecular complexity index is 591. The molecule has 2 aromatic rings. The largest absolute Gasteiger partial charge is 0.493 e. The molecule has 0 amide bonds. The van der Waals surface area contributed by atoms with Crippen LogP contribution in [0.3, 0.4) is 0 Å². The van der Waals surface area contributed by atoms with Crippen molar-refractivity contribution in [2.24, 2.45) is 0 Å². The van der Waals surface area contributed by atoms with E-state index in [2.05, 4.69) is 18.3 Å². The number of rotatable bonds is 6. The molecule has 0 saturated carbocycles. The van der Waals surface area contributed by atoms with Crippen molar-refractivity contribution >= 4 is 11.4 Å². The van der Waals surface area contributed by atoms with Gasteiger partial charge in [0.2, 0.25) is 0 Å². The first-order valence-corrected chi connectivity index (χ1v) is 6.95. The van der Waals surface area contributed by atoms with Crippen LogP contribution >= 0.6 is 0 Å². The van der Waals surface area contributed by atoms with Crippen molar-refractivity contribution in [2.45, 2.75) is 13.3 Å². The lowest BCUT2D eigenvalue weighted by Crippen LogP contribution is -2.08. The number of nitrogens with two attached hydrogens (primary N) is 1. The molecule has 0 aliphatic rings. The fourth-order valence-electron chi connectivity index (χ4n) is 2.30. The minimum atomic E-state index is 0.748. The number of aryl methyl sites for hydroxylation is 1. The lowest BCUT2D eigenvalue weighted by molar-refractivity contribution is 0.354. The van der Waals surface area contributed by atoms with E-state index in [0.717, 1.165) is 41.4 Å². The molecule has 2 rings (SSSR count). The summed E-state index contributed by atoms with van der Waals surface area (Å²) >= 11 is 0. The second-order valence-corrected chi connectivity index (χ2v) is 4.91. The Morgan fingerprint density at radius 2 is 1.81 bits per heavy atom. The van der Waals surface area contributed by atoms with Gasteiger partial charge < -0.3 is 20.5 Å². The number of anilines is 2. The van der Waals surface area contributed by atoms with Crippen molar-refractivity contribution in [3.8, 4) is 11.5 Å². The fraction of sp³-hybridized carbons (Fsp3) is 0.294. The van der Waals surface area contributed by atoms with Gasteiger partial charge in [-0.1, -0.05) is 18.2 Å². The number of hydrogen-bond donors (Lipinski definition) is 2. The predicted molar refractivity (Wildman–Crippen MR) is 87.3 cm³/mol. The zero-order valence-electron chi connectivity index (χ0n) is 12.8. The van der Waals surface area contributed by atoms with Gasteiger partial charge in [0.05, 0.1) is 25.6 Å². The maximum Gasteiger partial charge on any atom is 0.160 e. The van der Waals surface area contributed by atoms with Crippen molar-refractivity contribution in [1.82, 2.24) is 0 Å². The molecule has 0 radical (unpaired) electrons. The third-order valence-electron chi connectivity index (χ3n) is 3.47. The van der Waals surface area contributed by atoms with Gasteiger partial charge in [0.15, 0.2) is 11.5 Å². The molecule has 0 bridgehead atoms. The van der Waals surface area contributed by atoms with Crippen molar-refractivity contribution in [3.63, 3.8) is 0 Å². The first-order chi connectivity index (χ1) is 10.2. The lowest BCUT2D eigenvalue weighted by Gasteiger charge is -2.13. The summed E-state index contributed by atoms with van der Waals surface area (Å²) in [6.45, 7) is 2.86. The summed E-state index contributed by atoms with van der Waals surface area (Å²) in [5.74, 6) is 1.50. The Labute approximate surface area is 125 Å². The summed E-state index contributed by atoms with van der Waals surface area (Å²) in [7, 11) is 3.29. The highest BCUT2D eigenvalue weighted by Crippen LogP contribution is 2.28. The molecule has 0 saturated heterocycles. The van der Waals surface area contributed by atoms with Gasteiger partial charge in [-0.25, -0.2) is 0 Å². The molecule has 0 heterocycles. The van der Waals surface area contributed by atoms with E-state index in [1.54, 1.807) is 14.2 Å². The monoisotopic (exact) mass is 286 g/mol. The Morgan fingerprint density at radius 3 is 2.48 bits per heavy atom. The SMILES string of the molecule is COc1ccc(CCNc2c(C)cccc2N)cc1OC. The fourth-order valence-corrected chi connectivity index (χ4v) is 2.30. The van der Waals surface area contributed by atoms with Gasteiger partial charge in [-0.3, -0.25) is 0 Å². The number of ether oxygens (including phenoxy) is 2. The second-order valence-electron chi connectivity index (χ2n) is 4.91. The summed E-state index contributed by atoms with van der Waals surface area (Å²) in [4.78, 5) is 0. The van der Waals surface area contributed by atoms with E-state index in [1.807, 2.05) is 30.3 Å². The summed E-state index contributed by atoms with van der Waals surface area (Å²) in [6, 6.07) is 11.9. The topological polar surface area (TPSA) is 56.5 Å². The quantitative estimate of drug-likeness (QED) is 0.800. The van der Waals surface area contributed by atoms with Gasteiger partial charge >= 0.3 is 0 Å². The van der Waals surface area contributed by atoms with Crippen LogP contribution in [-0.4, -0.2) is 20.8 Å². The third-order valence-corrected chi connectivity index (χ3v) is 3.47. The molecule has 4 heteroatoms. The molecular formula is C17H22N2O2. The summed E-state index contributed by atoms with van der Waals surface area (Å²) in [6.07, 6.45) is 0.883. The Morgan fingerprint density at radius 1 is 1.05 bits per heavy atom. The molecule has 21 heavy (non-hydrogen) atoms. The van der Waals surface area contributed by atoms with Gasteiger partial charge in [-0.15, -0.1) is 0 Å². The maximum atomic E-state index is 5.99. The first kappa shape index (κ1) is 15.0. The average molecular weight is 286 g/mol. The minimum absolute atomic E-state index is 0.748. The van der Waals surface area contributed by atoms with Gasteiger partial charge in [0.25, 0.3) is 0 Å². The van der Waals surface area contributed by atoms with E-state index in [4.69, 9.17) is 15.2 Å². The van der Waals surface area contributed by atoms with Crippen LogP contribution in [0.5, 0.6) is 11.5 Å². The minimum Gasteiger partial charge on any atom is -0.493 e. The zero-order chi connectivity index (χ0) is 15.2. The van der Waals surface area contributed by atoms with Crippen LogP contribution in [0.2, 0.25) is 0 Å². The number of nitrogens with one attached hydrogen (secondary N) is 1. The number of para-hydroxylation sites is 1. The number of hydrogen-bond acceptors (Lipinski definition) is 4. The van der Waals surface area contributed by atoms with Crippen LogP contribution in [0, 0.1) is 6.92 Å². The third kappa shape index (κ3) is 3.60. The molecule has 0 aliphatic carbocycles. The van der Waals surface area contributed by atoms with Crippen LogP contribution < -0.4 is 20.5 Å². The molecule has 112 valence electrons. The highest BCUT2D eigenvalue weighted by molar-refractivity contribution is 5.69. The highest BCUT2D eigenvalue weighted by atomic mass is 16.5. The number of methoxy groups -OCH3 is 2. The van der Waals surface area contributed by atoms with Crippen LogP contribution in [-0.2, 0) is 6.42 Å². The molecule has 4 nitrogen and oxygen atoms in total. The van der Waals surface area contributed by atoms with E-state index in [0.29, 0.717) is 0 Å². The summed E-state index contributed by atoms with van der Waals surface area (Å²) < 4.78 is 10.6. The molecule has 0 aliphatic heterocycles. The van der Waals surface area contributed by atoms with E-state index in [-0.39, 0.29) is 0 Å². The molecular weight excluding hydrogens is 264 g/mol. The van der Waals surface area contributed by atoms with E-state index < -0.39 is 0 Å². The molecule has 0 fully saturated rings. The van der Waals surface area contributed by atoms with Gasteiger partial charge in [0.1, 0.15) is 0 Å². The lowest BCUT2D eigenvalue weighted by atomic mass is 10.1. The van der Waals surface area contributed by atoms with Gasteiger partial charge in [0, 0.05) is 6.54 Å². The maximum absolute atomic E-state index is 5.99. The van der Waals surface area contributed by atoms with Crippen molar-refractivity contribution in [2.75, 3.05) is 31.8 Å². The van der Waals surface area contributed by atoms with Crippen LogP contribution in [0.1, 0.15) is 11.1 Å². The average Bonchev–Trinajstić information content (AvgIpc) is 2.50. The molecule has 0 atom stereocenters. The Balaban J connectivity index is 2.00. The normalized spacial score (nSPS) is 10.2.